The number of carbonyl (C=O) groups excluding carboxylic acids is 1. The second-order valence-corrected chi connectivity index (χ2v) is 6.37. The van der Waals surface area contributed by atoms with Gasteiger partial charge in [0.1, 0.15) is 0 Å². The quantitative estimate of drug-likeness (QED) is 0.824. The van der Waals surface area contributed by atoms with Crippen LogP contribution in [-0.2, 0) is 0 Å². The van der Waals surface area contributed by atoms with E-state index in [0.29, 0.717) is 12.5 Å². The van der Waals surface area contributed by atoms with Crippen molar-refractivity contribution in [3.8, 4) is 0 Å². The van der Waals surface area contributed by atoms with Crippen LogP contribution in [0.3, 0.4) is 0 Å². The highest BCUT2D eigenvalue weighted by molar-refractivity contribution is 7.99. The van der Waals surface area contributed by atoms with Crippen LogP contribution in [0.25, 0.3) is 0 Å². The third kappa shape index (κ3) is 3.79. The molecule has 2 N–H and O–H groups in total. The van der Waals surface area contributed by atoms with Crippen molar-refractivity contribution in [1.29, 1.82) is 0 Å². The van der Waals surface area contributed by atoms with Crippen molar-refractivity contribution in [3.63, 3.8) is 0 Å². The van der Waals surface area contributed by atoms with Gasteiger partial charge in [0.25, 0.3) is 0 Å². The van der Waals surface area contributed by atoms with Crippen molar-refractivity contribution in [1.82, 2.24) is 10.2 Å². The number of carbonyl (C=O) groups is 1. The summed E-state index contributed by atoms with van der Waals surface area (Å²) in [5.74, 6) is 2.27. The monoisotopic (exact) mass is 272 g/mol. The van der Waals surface area contributed by atoms with Crippen LogP contribution >= 0.6 is 11.8 Å². The van der Waals surface area contributed by atoms with Gasteiger partial charge in [-0.05, 0) is 44.3 Å². The Morgan fingerprint density at radius 2 is 2.22 bits per heavy atom. The predicted octanol–water partition coefficient (Wildman–Crippen LogP) is 1.83. The van der Waals surface area contributed by atoms with Gasteiger partial charge in [-0.25, -0.2) is 4.79 Å². The molecule has 4 nitrogen and oxygen atoms in total. The SMILES string of the molecule is O=C(NC1CCCSC1)N1CCCCC1CCO. The molecule has 0 aromatic carbocycles. The van der Waals surface area contributed by atoms with E-state index in [1.807, 2.05) is 16.7 Å². The molecule has 0 saturated carbocycles. The van der Waals surface area contributed by atoms with E-state index in [9.17, 15) is 4.79 Å². The number of nitrogens with one attached hydrogen (secondary N) is 1. The van der Waals surface area contributed by atoms with Crippen LogP contribution in [0.2, 0.25) is 0 Å². The largest absolute Gasteiger partial charge is 0.396 e. The lowest BCUT2D eigenvalue weighted by atomic mass is 10.00. The first-order chi connectivity index (χ1) is 8.81. The minimum Gasteiger partial charge on any atom is -0.396 e. The highest BCUT2D eigenvalue weighted by Crippen LogP contribution is 2.21. The van der Waals surface area contributed by atoms with E-state index in [1.54, 1.807) is 0 Å². The van der Waals surface area contributed by atoms with Crippen molar-refractivity contribution in [2.75, 3.05) is 24.7 Å². The minimum absolute atomic E-state index is 0.0839. The summed E-state index contributed by atoms with van der Waals surface area (Å²) in [5.41, 5.74) is 0. The zero-order chi connectivity index (χ0) is 12.8. The number of aliphatic hydroxyl groups is 1. The summed E-state index contributed by atoms with van der Waals surface area (Å²) in [6, 6.07) is 0.661. The van der Waals surface area contributed by atoms with Crippen molar-refractivity contribution in [2.24, 2.45) is 0 Å². The zero-order valence-corrected chi connectivity index (χ0v) is 11.8. The number of thioether (sulfide) groups is 1. The summed E-state index contributed by atoms with van der Waals surface area (Å²) in [4.78, 5) is 14.2. The molecule has 0 aromatic heterocycles. The van der Waals surface area contributed by atoms with E-state index in [2.05, 4.69) is 5.32 Å². The van der Waals surface area contributed by atoms with Crippen LogP contribution in [0.5, 0.6) is 0 Å². The van der Waals surface area contributed by atoms with E-state index >= 15 is 0 Å². The van der Waals surface area contributed by atoms with Gasteiger partial charge in [0.05, 0.1) is 0 Å². The first-order valence-corrected chi connectivity index (χ1v) is 8.22. The number of rotatable bonds is 3. The van der Waals surface area contributed by atoms with Crippen molar-refractivity contribution in [3.05, 3.63) is 0 Å². The fourth-order valence-corrected chi connectivity index (χ4v) is 3.90. The van der Waals surface area contributed by atoms with E-state index in [4.69, 9.17) is 5.11 Å². The van der Waals surface area contributed by atoms with Gasteiger partial charge >= 0.3 is 6.03 Å². The average Bonchev–Trinajstić information content (AvgIpc) is 2.41. The number of piperidine rings is 1. The number of nitrogens with zero attached hydrogens (tertiary/aromatic N) is 1. The van der Waals surface area contributed by atoms with Crippen LogP contribution in [-0.4, -0.2) is 52.8 Å². The van der Waals surface area contributed by atoms with Crippen LogP contribution in [0, 0.1) is 0 Å². The Morgan fingerprint density at radius 1 is 1.33 bits per heavy atom. The molecule has 0 radical (unpaired) electrons. The maximum atomic E-state index is 12.3. The first-order valence-electron chi connectivity index (χ1n) is 7.07. The molecule has 2 rings (SSSR count). The molecule has 2 aliphatic rings. The van der Waals surface area contributed by atoms with E-state index < -0.39 is 0 Å². The maximum absolute atomic E-state index is 12.3. The highest BCUT2D eigenvalue weighted by Gasteiger charge is 2.27. The molecule has 2 amide bonds. The van der Waals surface area contributed by atoms with Gasteiger partial charge in [-0.3, -0.25) is 0 Å². The summed E-state index contributed by atoms with van der Waals surface area (Å²) in [7, 11) is 0. The summed E-state index contributed by atoms with van der Waals surface area (Å²) < 4.78 is 0. The van der Waals surface area contributed by atoms with Crippen molar-refractivity contribution in [2.45, 2.75) is 50.6 Å². The fraction of sp³-hybridized carbons (Fsp3) is 0.923. The van der Waals surface area contributed by atoms with Gasteiger partial charge in [0.2, 0.25) is 0 Å². The number of amides is 2. The fourth-order valence-electron chi connectivity index (χ4n) is 2.83. The Bertz CT molecular complexity index is 268. The number of urea groups is 1. The molecule has 0 aromatic rings. The Hall–Kier alpha value is -0.420. The smallest absolute Gasteiger partial charge is 0.317 e. The lowest BCUT2D eigenvalue weighted by Crippen LogP contribution is -2.52. The molecular formula is C13H24N2O2S. The summed E-state index contributed by atoms with van der Waals surface area (Å²) in [5, 5.41) is 12.2. The Kier molecular flexibility index (Phi) is 5.63. The number of aliphatic hydroxyl groups excluding tert-OH is 1. The lowest BCUT2D eigenvalue weighted by Gasteiger charge is -2.37. The Morgan fingerprint density at radius 3 is 2.94 bits per heavy atom. The van der Waals surface area contributed by atoms with Crippen LogP contribution in [0.4, 0.5) is 4.79 Å². The van der Waals surface area contributed by atoms with Gasteiger partial charge in [0, 0.05) is 31.0 Å². The molecule has 2 aliphatic heterocycles. The highest BCUT2D eigenvalue weighted by atomic mass is 32.2. The zero-order valence-electron chi connectivity index (χ0n) is 10.9. The van der Waals surface area contributed by atoms with Crippen molar-refractivity contribution >= 4 is 17.8 Å². The second-order valence-electron chi connectivity index (χ2n) is 5.22. The molecular weight excluding hydrogens is 248 g/mol. The van der Waals surface area contributed by atoms with Crippen LogP contribution < -0.4 is 5.32 Å². The van der Waals surface area contributed by atoms with Gasteiger partial charge in [-0.1, -0.05) is 0 Å². The normalized spacial score (nSPS) is 29.1. The van der Waals surface area contributed by atoms with E-state index in [-0.39, 0.29) is 18.7 Å². The molecule has 2 saturated heterocycles. The Balaban J connectivity index is 1.84. The topological polar surface area (TPSA) is 52.6 Å². The molecule has 2 atom stereocenters. The van der Waals surface area contributed by atoms with Gasteiger partial charge in [0.15, 0.2) is 0 Å². The average molecular weight is 272 g/mol. The molecule has 0 bridgehead atoms. The lowest BCUT2D eigenvalue weighted by molar-refractivity contribution is 0.129. The van der Waals surface area contributed by atoms with Gasteiger partial charge in [-0.15, -0.1) is 0 Å². The second kappa shape index (κ2) is 7.24. The van der Waals surface area contributed by atoms with Crippen LogP contribution in [0.1, 0.15) is 38.5 Å². The standard InChI is InChI=1S/C13H24N2O2S/c16-8-6-12-5-1-2-7-15(12)13(17)14-11-4-3-9-18-10-11/h11-12,16H,1-10H2,(H,14,17). The molecule has 5 heteroatoms. The van der Waals surface area contributed by atoms with Gasteiger partial charge < -0.3 is 15.3 Å². The molecule has 104 valence electrons. The van der Waals surface area contributed by atoms with E-state index in [1.165, 1.54) is 18.6 Å². The number of hydrogen-bond donors (Lipinski definition) is 2. The summed E-state index contributed by atoms with van der Waals surface area (Å²) in [6.07, 6.45) is 6.33. The molecule has 0 aliphatic carbocycles. The molecule has 2 unspecified atom stereocenters. The predicted molar refractivity (Wildman–Crippen MR) is 74.9 cm³/mol. The Labute approximate surface area is 113 Å². The third-order valence-electron chi connectivity index (χ3n) is 3.84. The summed E-state index contributed by atoms with van der Waals surface area (Å²) >= 11 is 1.93. The molecule has 18 heavy (non-hydrogen) atoms. The number of hydrogen-bond acceptors (Lipinski definition) is 3. The molecule has 0 spiro atoms. The van der Waals surface area contributed by atoms with E-state index in [0.717, 1.165) is 31.6 Å². The van der Waals surface area contributed by atoms with Gasteiger partial charge in [-0.2, -0.15) is 11.8 Å². The third-order valence-corrected chi connectivity index (χ3v) is 5.05. The van der Waals surface area contributed by atoms with Crippen molar-refractivity contribution < 1.29 is 9.90 Å². The maximum Gasteiger partial charge on any atom is 0.317 e. The number of likely N-dealkylation sites (tertiary alicyclic amines) is 1. The molecule has 2 heterocycles. The van der Waals surface area contributed by atoms with Crippen LogP contribution in [0.15, 0.2) is 0 Å². The summed E-state index contributed by atoms with van der Waals surface area (Å²) in [6.45, 7) is 1.02. The minimum atomic E-state index is 0.0839. The first kappa shape index (κ1) is 14.0. The molecule has 2 fully saturated rings.